The van der Waals surface area contributed by atoms with Crippen molar-refractivity contribution in [1.29, 1.82) is 0 Å². The first-order valence-electron chi connectivity index (χ1n) is 4.80. The first-order chi connectivity index (χ1) is 5.78. The van der Waals surface area contributed by atoms with Gasteiger partial charge in [-0.15, -0.1) is 0 Å². The van der Waals surface area contributed by atoms with Crippen LogP contribution in [0.5, 0.6) is 0 Å². The molecule has 1 atom stereocenters. The molecule has 0 amide bonds. The van der Waals surface area contributed by atoms with Gasteiger partial charge in [-0.25, -0.2) is 0 Å². The van der Waals surface area contributed by atoms with E-state index in [1.54, 1.807) is 0 Å². The first-order valence-corrected chi connectivity index (χ1v) is 4.80. The molecule has 3 nitrogen and oxygen atoms in total. The molecule has 2 rings (SSSR count). The smallest absolute Gasteiger partial charge is 0.0558 e. The van der Waals surface area contributed by atoms with Gasteiger partial charge in [-0.3, -0.25) is 4.90 Å². The molecule has 1 spiro atoms. The summed E-state index contributed by atoms with van der Waals surface area (Å²) in [5.74, 6) is 0. The minimum Gasteiger partial charge on any atom is -0.395 e. The van der Waals surface area contributed by atoms with Crippen LogP contribution in [0.3, 0.4) is 0 Å². The lowest BCUT2D eigenvalue weighted by molar-refractivity contribution is 0.156. The number of likely N-dealkylation sites (N-methyl/N-ethyl adjacent to an activating group) is 1. The number of nitrogens with one attached hydrogen (secondary N) is 1. The van der Waals surface area contributed by atoms with E-state index in [0.29, 0.717) is 11.5 Å². The van der Waals surface area contributed by atoms with Gasteiger partial charge >= 0.3 is 0 Å². The fraction of sp³-hybridized carbons (Fsp3) is 1.00. The summed E-state index contributed by atoms with van der Waals surface area (Å²) in [6, 6.07) is 0.671. The summed E-state index contributed by atoms with van der Waals surface area (Å²) in [7, 11) is 2.12. The number of hydrogen-bond acceptors (Lipinski definition) is 3. The third kappa shape index (κ3) is 1.26. The number of aliphatic hydroxyl groups excluding tert-OH is 1. The Kier molecular flexibility index (Phi) is 2.10. The van der Waals surface area contributed by atoms with Crippen molar-refractivity contribution >= 4 is 0 Å². The van der Waals surface area contributed by atoms with Crippen molar-refractivity contribution in [2.75, 3.05) is 33.3 Å². The molecule has 1 saturated carbocycles. The third-order valence-electron chi connectivity index (χ3n) is 3.40. The minimum absolute atomic E-state index is 0.281. The highest BCUT2D eigenvalue weighted by atomic mass is 16.3. The van der Waals surface area contributed by atoms with Crippen LogP contribution in [-0.2, 0) is 0 Å². The predicted octanol–water partition coefficient (Wildman–Crippen LogP) is -0.338. The molecule has 0 aromatic rings. The Labute approximate surface area is 73.8 Å². The lowest BCUT2D eigenvalue weighted by Crippen LogP contribution is -2.40. The van der Waals surface area contributed by atoms with Crippen LogP contribution in [0.25, 0.3) is 0 Å². The van der Waals surface area contributed by atoms with Crippen molar-refractivity contribution in [3.8, 4) is 0 Å². The molecular weight excluding hydrogens is 152 g/mol. The van der Waals surface area contributed by atoms with Gasteiger partial charge in [0.05, 0.1) is 6.61 Å². The van der Waals surface area contributed by atoms with Crippen LogP contribution < -0.4 is 5.32 Å². The van der Waals surface area contributed by atoms with Crippen molar-refractivity contribution in [3.63, 3.8) is 0 Å². The number of hydrogen-bond donors (Lipinski definition) is 2. The van der Waals surface area contributed by atoms with Crippen LogP contribution in [-0.4, -0.2) is 49.3 Å². The van der Waals surface area contributed by atoms with Gasteiger partial charge in [-0.2, -0.15) is 0 Å². The Morgan fingerprint density at radius 2 is 2.33 bits per heavy atom. The summed E-state index contributed by atoms with van der Waals surface area (Å²) in [6.45, 7) is 3.39. The molecule has 1 heterocycles. The molecule has 2 fully saturated rings. The molecule has 12 heavy (non-hydrogen) atoms. The van der Waals surface area contributed by atoms with E-state index in [2.05, 4.69) is 17.3 Å². The van der Waals surface area contributed by atoms with Gasteiger partial charge in [0, 0.05) is 25.7 Å². The van der Waals surface area contributed by atoms with Crippen molar-refractivity contribution in [2.24, 2.45) is 5.41 Å². The average molecular weight is 170 g/mol. The van der Waals surface area contributed by atoms with E-state index >= 15 is 0 Å². The Bertz CT molecular complexity index is 168. The minimum atomic E-state index is 0.281. The van der Waals surface area contributed by atoms with Gasteiger partial charge in [0.25, 0.3) is 0 Å². The first kappa shape index (κ1) is 8.48. The maximum absolute atomic E-state index is 8.83. The molecule has 1 saturated heterocycles. The SMILES string of the molecule is CN(CCO)C1CNCC12CC2. The van der Waals surface area contributed by atoms with E-state index in [4.69, 9.17) is 5.11 Å². The van der Waals surface area contributed by atoms with E-state index in [0.717, 1.165) is 13.1 Å². The molecule has 0 radical (unpaired) electrons. The van der Waals surface area contributed by atoms with E-state index in [-0.39, 0.29) is 6.61 Å². The van der Waals surface area contributed by atoms with Crippen LogP contribution in [0.2, 0.25) is 0 Å². The van der Waals surface area contributed by atoms with Crippen LogP contribution in [0.1, 0.15) is 12.8 Å². The van der Waals surface area contributed by atoms with Crippen molar-refractivity contribution in [3.05, 3.63) is 0 Å². The van der Waals surface area contributed by atoms with Gasteiger partial charge < -0.3 is 10.4 Å². The van der Waals surface area contributed by atoms with Crippen molar-refractivity contribution < 1.29 is 5.11 Å². The van der Waals surface area contributed by atoms with Crippen LogP contribution >= 0.6 is 0 Å². The van der Waals surface area contributed by atoms with E-state index in [9.17, 15) is 0 Å². The molecule has 3 heteroatoms. The van der Waals surface area contributed by atoms with Gasteiger partial charge in [-0.05, 0) is 25.3 Å². The second kappa shape index (κ2) is 2.98. The van der Waals surface area contributed by atoms with E-state index in [1.165, 1.54) is 19.4 Å². The van der Waals surface area contributed by atoms with Gasteiger partial charge in [0.1, 0.15) is 0 Å². The molecule has 1 aliphatic carbocycles. The summed E-state index contributed by atoms with van der Waals surface area (Å²) in [5.41, 5.74) is 0.587. The molecule has 1 unspecified atom stereocenters. The Morgan fingerprint density at radius 3 is 2.92 bits per heavy atom. The summed E-state index contributed by atoms with van der Waals surface area (Å²) < 4.78 is 0. The summed E-state index contributed by atoms with van der Waals surface area (Å²) in [5, 5.41) is 12.3. The molecular formula is C9H18N2O. The Morgan fingerprint density at radius 1 is 1.58 bits per heavy atom. The fourth-order valence-corrected chi connectivity index (χ4v) is 2.40. The van der Waals surface area contributed by atoms with Gasteiger partial charge in [-0.1, -0.05) is 0 Å². The molecule has 2 N–H and O–H groups in total. The molecule has 0 aromatic heterocycles. The fourth-order valence-electron chi connectivity index (χ4n) is 2.40. The zero-order valence-corrected chi connectivity index (χ0v) is 7.71. The molecule has 70 valence electrons. The van der Waals surface area contributed by atoms with E-state index < -0.39 is 0 Å². The van der Waals surface area contributed by atoms with Crippen LogP contribution in [0.15, 0.2) is 0 Å². The Balaban J connectivity index is 1.94. The van der Waals surface area contributed by atoms with Crippen LogP contribution in [0, 0.1) is 5.41 Å². The molecule has 2 aliphatic rings. The lowest BCUT2D eigenvalue weighted by atomic mass is 10.00. The monoisotopic (exact) mass is 170 g/mol. The Hall–Kier alpha value is -0.120. The van der Waals surface area contributed by atoms with Gasteiger partial charge in [0.15, 0.2) is 0 Å². The summed E-state index contributed by atoms with van der Waals surface area (Å²) in [4.78, 5) is 2.30. The lowest BCUT2D eigenvalue weighted by Gasteiger charge is -2.27. The molecule has 1 aliphatic heterocycles. The number of aliphatic hydroxyl groups is 1. The van der Waals surface area contributed by atoms with Crippen LogP contribution in [0.4, 0.5) is 0 Å². The largest absolute Gasteiger partial charge is 0.395 e. The molecule has 0 aromatic carbocycles. The zero-order chi connectivity index (χ0) is 8.60. The second-order valence-electron chi connectivity index (χ2n) is 4.21. The second-order valence-corrected chi connectivity index (χ2v) is 4.21. The third-order valence-corrected chi connectivity index (χ3v) is 3.40. The highest BCUT2D eigenvalue weighted by molar-refractivity contribution is 5.08. The molecule has 0 bridgehead atoms. The quantitative estimate of drug-likeness (QED) is 0.608. The standard InChI is InChI=1S/C9H18N2O/c1-11(4-5-12)8-6-10-7-9(8)2-3-9/h8,10,12H,2-7H2,1H3. The van der Waals surface area contributed by atoms with Crippen molar-refractivity contribution in [2.45, 2.75) is 18.9 Å². The maximum Gasteiger partial charge on any atom is 0.0558 e. The summed E-state index contributed by atoms with van der Waals surface area (Å²) in [6.07, 6.45) is 2.75. The van der Waals surface area contributed by atoms with E-state index in [1.807, 2.05) is 0 Å². The van der Waals surface area contributed by atoms with Gasteiger partial charge in [0.2, 0.25) is 0 Å². The highest BCUT2D eigenvalue weighted by Gasteiger charge is 2.53. The predicted molar refractivity (Wildman–Crippen MR) is 48.0 cm³/mol. The number of rotatable bonds is 3. The number of nitrogens with zero attached hydrogens (tertiary/aromatic N) is 1. The normalized spacial score (nSPS) is 31.8. The van der Waals surface area contributed by atoms with Crippen molar-refractivity contribution in [1.82, 2.24) is 10.2 Å². The highest BCUT2D eigenvalue weighted by Crippen LogP contribution is 2.51. The summed E-state index contributed by atoms with van der Waals surface area (Å²) >= 11 is 0. The maximum atomic E-state index is 8.83. The average Bonchev–Trinajstić information content (AvgIpc) is 2.63. The topological polar surface area (TPSA) is 35.5 Å². The zero-order valence-electron chi connectivity index (χ0n) is 7.71.